The molecule has 1 aromatic heterocycles. The minimum atomic E-state index is -1.11. The molecular formula is C18H19NO5. The number of hydrogen-bond acceptors (Lipinski definition) is 4. The molecule has 1 saturated heterocycles. The van der Waals surface area contributed by atoms with Crippen LogP contribution in [0.15, 0.2) is 47.1 Å². The van der Waals surface area contributed by atoms with Gasteiger partial charge in [0.05, 0.1) is 18.8 Å². The van der Waals surface area contributed by atoms with Gasteiger partial charge in [0.25, 0.3) is 5.91 Å². The fraction of sp³-hybridized carbons (Fsp3) is 0.333. The van der Waals surface area contributed by atoms with Crippen molar-refractivity contribution in [1.82, 2.24) is 4.90 Å². The minimum Gasteiger partial charge on any atom is -0.478 e. The largest absolute Gasteiger partial charge is 0.478 e. The number of carbonyl (C=O) groups is 2. The molecule has 6 heteroatoms. The first-order chi connectivity index (χ1) is 11.6. The van der Waals surface area contributed by atoms with Gasteiger partial charge >= 0.3 is 5.97 Å². The number of hydrogen-bond donors (Lipinski definition) is 1. The number of rotatable bonds is 6. The van der Waals surface area contributed by atoms with Crippen molar-refractivity contribution in [2.75, 3.05) is 19.7 Å². The Balaban J connectivity index is 1.47. The number of ether oxygens (including phenoxy) is 1. The predicted molar refractivity (Wildman–Crippen MR) is 85.8 cm³/mol. The van der Waals surface area contributed by atoms with Gasteiger partial charge in [0.2, 0.25) is 0 Å². The molecule has 0 saturated carbocycles. The summed E-state index contributed by atoms with van der Waals surface area (Å²) in [5.74, 6) is -1.02. The summed E-state index contributed by atoms with van der Waals surface area (Å²) in [7, 11) is 0. The Bertz CT molecular complexity index is 709. The lowest BCUT2D eigenvalue weighted by Crippen LogP contribution is -2.29. The van der Waals surface area contributed by atoms with Gasteiger partial charge in [-0.3, -0.25) is 4.79 Å². The van der Waals surface area contributed by atoms with Crippen LogP contribution in [-0.2, 0) is 11.3 Å². The summed E-state index contributed by atoms with van der Waals surface area (Å²) in [6, 6.07) is 11.2. The fourth-order valence-electron chi connectivity index (χ4n) is 2.79. The van der Waals surface area contributed by atoms with E-state index in [4.69, 9.17) is 14.3 Å². The SMILES string of the molecule is O=C(O)c1coc(C(=O)N2CC[C@H](COCc3ccccc3)C2)c1. The summed E-state index contributed by atoms with van der Waals surface area (Å²) >= 11 is 0. The molecule has 0 spiro atoms. The Hall–Kier alpha value is -2.60. The molecule has 6 nitrogen and oxygen atoms in total. The van der Waals surface area contributed by atoms with E-state index in [1.807, 2.05) is 30.3 Å². The molecule has 126 valence electrons. The van der Waals surface area contributed by atoms with Crippen LogP contribution in [0.3, 0.4) is 0 Å². The average Bonchev–Trinajstić information content (AvgIpc) is 3.25. The smallest absolute Gasteiger partial charge is 0.338 e. The monoisotopic (exact) mass is 329 g/mol. The second kappa shape index (κ2) is 7.31. The summed E-state index contributed by atoms with van der Waals surface area (Å²) in [4.78, 5) is 24.8. The molecule has 0 unspecified atom stereocenters. The molecule has 1 aromatic carbocycles. The Morgan fingerprint density at radius 2 is 2.08 bits per heavy atom. The number of aromatic carboxylic acids is 1. The Morgan fingerprint density at radius 1 is 1.29 bits per heavy atom. The highest BCUT2D eigenvalue weighted by atomic mass is 16.5. The number of nitrogens with zero attached hydrogens (tertiary/aromatic N) is 1. The van der Waals surface area contributed by atoms with Crippen molar-refractivity contribution >= 4 is 11.9 Å². The van der Waals surface area contributed by atoms with E-state index < -0.39 is 5.97 Å². The number of likely N-dealkylation sites (tertiary alicyclic amines) is 1. The maximum atomic E-state index is 12.3. The summed E-state index contributed by atoms with van der Waals surface area (Å²) in [6.45, 7) is 2.38. The van der Waals surface area contributed by atoms with Gasteiger partial charge < -0.3 is 19.2 Å². The molecule has 1 aliphatic heterocycles. The lowest BCUT2D eigenvalue weighted by atomic mass is 10.1. The highest BCUT2D eigenvalue weighted by Crippen LogP contribution is 2.20. The van der Waals surface area contributed by atoms with Gasteiger partial charge in [0.15, 0.2) is 5.76 Å². The summed E-state index contributed by atoms with van der Waals surface area (Å²) in [5, 5.41) is 8.88. The zero-order chi connectivity index (χ0) is 16.9. The molecule has 0 radical (unpaired) electrons. The molecule has 1 atom stereocenters. The quantitative estimate of drug-likeness (QED) is 0.881. The van der Waals surface area contributed by atoms with E-state index in [2.05, 4.69) is 0 Å². The molecular weight excluding hydrogens is 310 g/mol. The molecule has 1 N–H and O–H groups in total. The highest BCUT2D eigenvalue weighted by Gasteiger charge is 2.29. The van der Waals surface area contributed by atoms with Crippen LogP contribution < -0.4 is 0 Å². The van der Waals surface area contributed by atoms with Gasteiger partial charge in [-0.15, -0.1) is 0 Å². The van der Waals surface area contributed by atoms with Crippen molar-refractivity contribution in [1.29, 1.82) is 0 Å². The summed E-state index contributed by atoms with van der Waals surface area (Å²) in [5.41, 5.74) is 1.11. The van der Waals surface area contributed by atoms with Crippen molar-refractivity contribution in [3.63, 3.8) is 0 Å². The first-order valence-electron chi connectivity index (χ1n) is 7.86. The third-order valence-electron chi connectivity index (χ3n) is 4.10. The maximum Gasteiger partial charge on any atom is 0.338 e. The molecule has 1 amide bonds. The number of carboxylic acid groups (broad SMARTS) is 1. The van der Waals surface area contributed by atoms with E-state index in [0.717, 1.165) is 18.2 Å². The molecule has 2 aromatic rings. The van der Waals surface area contributed by atoms with Crippen LogP contribution in [0.2, 0.25) is 0 Å². The number of furan rings is 1. The van der Waals surface area contributed by atoms with Crippen LogP contribution >= 0.6 is 0 Å². The van der Waals surface area contributed by atoms with Crippen LogP contribution in [0.1, 0.15) is 32.9 Å². The van der Waals surface area contributed by atoms with Crippen LogP contribution in [0.4, 0.5) is 0 Å². The van der Waals surface area contributed by atoms with E-state index in [-0.39, 0.29) is 23.1 Å². The third-order valence-corrected chi connectivity index (χ3v) is 4.10. The third kappa shape index (κ3) is 3.83. The molecule has 24 heavy (non-hydrogen) atoms. The lowest BCUT2D eigenvalue weighted by molar-refractivity contribution is 0.0691. The molecule has 2 heterocycles. The first-order valence-corrected chi connectivity index (χ1v) is 7.86. The normalized spacial score (nSPS) is 17.2. The maximum absolute atomic E-state index is 12.3. The van der Waals surface area contributed by atoms with E-state index in [1.54, 1.807) is 4.90 Å². The number of carboxylic acids is 1. The second-order valence-electron chi connectivity index (χ2n) is 5.91. The molecule has 1 aliphatic rings. The van der Waals surface area contributed by atoms with Crippen molar-refractivity contribution < 1.29 is 23.8 Å². The topological polar surface area (TPSA) is 80.0 Å². The van der Waals surface area contributed by atoms with Crippen molar-refractivity contribution in [2.24, 2.45) is 5.92 Å². The summed E-state index contributed by atoms with van der Waals surface area (Å²) < 4.78 is 10.8. The minimum absolute atomic E-state index is 0.0136. The van der Waals surface area contributed by atoms with Gasteiger partial charge in [-0.05, 0) is 12.0 Å². The average molecular weight is 329 g/mol. The Labute approximate surface area is 139 Å². The number of carbonyl (C=O) groups excluding carboxylic acids is 1. The van der Waals surface area contributed by atoms with E-state index in [9.17, 15) is 9.59 Å². The van der Waals surface area contributed by atoms with E-state index >= 15 is 0 Å². The van der Waals surface area contributed by atoms with Crippen LogP contribution in [-0.4, -0.2) is 41.6 Å². The Morgan fingerprint density at radius 3 is 2.79 bits per heavy atom. The standard InChI is InChI=1S/C18H19NO5/c20-17(16-8-15(12-24-16)18(21)22)19-7-6-14(9-19)11-23-10-13-4-2-1-3-5-13/h1-5,8,12,14H,6-7,9-11H2,(H,21,22)/t14-/m0/s1. The molecule has 0 aliphatic carbocycles. The van der Waals surface area contributed by atoms with E-state index in [0.29, 0.717) is 26.3 Å². The van der Waals surface area contributed by atoms with Gasteiger partial charge in [-0.2, -0.15) is 0 Å². The first kappa shape index (κ1) is 16.3. The van der Waals surface area contributed by atoms with Crippen molar-refractivity contribution in [2.45, 2.75) is 13.0 Å². The van der Waals surface area contributed by atoms with Crippen LogP contribution in [0, 0.1) is 5.92 Å². The zero-order valence-electron chi connectivity index (χ0n) is 13.2. The van der Waals surface area contributed by atoms with Gasteiger partial charge in [-0.25, -0.2) is 4.79 Å². The molecule has 3 rings (SSSR count). The zero-order valence-corrected chi connectivity index (χ0v) is 13.2. The van der Waals surface area contributed by atoms with Crippen LogP contribution in [0.5, 0.6) is 0 Å². The lowest BCUT2D eigenvalue weighted by Gasteiger charge is -2.15. The summed E-state index contributed by atoms with van der Waals surface area (Å²) in [6.07, 6.45) is 1.96. The molecule has 1 fully saturated rings. The van der Waals surface area contributed by atoms with E-state index in [1.165, 1.54) is 6.07 Å². The number of benzene rings is 1. The van der Waals surface area contributed by atoms with Gasteiger partial charge in [-0.1, -0.05) is 30.3 Å². The van der Waals surface area contributed by atoms with Crippen LogP contribution in [0.25, 0.3) is 0 Å². The Kier molecular flexibility index (Phi) is 4.96. The van der Waals surface area contributed by atoms with Gasteiger partial charge in [0, 0.05) is 25.1 Å². The van der Waals surface area contributed by atoms with Crippen molar-refractivity contribution in [3.05, 3.63) is 59.5 Å². The molecule has 0 bridgehead atoms. The number of amides is 1. The van der Waals surface area contributed by atoms with Gasteiger partial charge in [0.1, 0.15) is 6.26 Å². The van der Waals surface area contributed by atoms with Crippen molar-refractivity contribution in [3.8, 4) is 0 Å². The predicted octanol–water partition coefficient (Wildman–Crippen LogP) is 2.66. The fourth-order valence-corrected chi connectivity index (χ4v) is 2.79. The highest BCUT2D eigenvalue weighted by molar-refractivity contribution is 5.95. The second-order valence-corrected chi connectivity index (χ2v) is 5.91.